The summed E-state index contributed by atoms with van der Waals surface area (Å²) in [4.78, 5) is 57.3. The summed E-state index contributed by atoms with van der Waals surface area (Å²) in [5.41, 5.74) is -0.567. The molecule has 4 rings (SSSR count). The first-order chi connectivity index (χ1) is 20.7. The number of hydrogen-bond acceptors (Lipinski definition) is 7. The summed E-state index contributed by atoms with van der Waals surface area (Å²) in [6.45, 7) is 9.79. The molecule has 2 N–H and O–H groups in total. The number of benzene rings is 1. The van der Waals surface area contributed by atoms with E-state index in [9.17, 15) is 24.3 Å². The highest BCUT2D eigenvalue weighted by Crippen LogP contribution is 2.59. The van der Waals surface area contributed by atoms with Crippen LogP contribution in [0.1, 0.15) is 51.9 Å². The van der Waals surface area contributed by atoms with Gasteiger partial charge in [0.1, 0.15) is 17.7 Å². The van der Waals surface area contributed by atoms with Gasteiger partial charge >= 0.3 is 5.97 Å². The molecule has 10 nitrogen and oxygen atoms in total. The Morgan fingerprint density at radius 3 is 2.65 bits per heavy atom. The third-order valence-electron chi connectivity index (χ3n) is 8.56. The van der Waals surface area contributed by atoms with E-state index >= 15 is 0 Å². The molecular weight excluding hydrogens is 574 g/mol. The van der Waals surface area contributed by atoms with Gasteiger partial charge in [-0.15, -0.1) is 13.2 Å². The maximum Gasteiger partial charge on any atom is 0.312 e. The van der Waals surface area contributed by atoms with Gasteiger partial charge < -0.3 is 29.7 Å². The number of rotatable bonds is 16. The lowest BCUT2D eigenvalue weighted by molar-refractivity contribution is -0.159. The van der Waals surface area contributed by atoms with Crippen molar-refractivity contribution in [2.75, 3.05) is 31.1 Å². The van der Waals surface area contributed by atoms with Gasteiger partial charge in [0.25, 0.3) is 5.91 Å². The topological polar surface area (TPSA) is 125 Å². The van der Waals surface area contributed by atoms with Crippen molar-refractivity contribution in [2.45, 2.75) is 75.7 Å². The lowest BCUT2D eigenvalue weighted by Crippen LogP contribution is -2.56. The van der Waals surface area contributed by atoms with Crippen LogP contribution in [0.3, 0.4) is 0 Å². The zero-order valence-corrected chi connectivity index (χ0v) is 25.5. The van der Waals surface area contributed by atoms with Gasteiger partial charge in [-0.3, -0.25) is 19.2 Å². The number of unbranched alkanes of at least 4 members (excludes halogenated alkanes) is 2. The first-order valence-electron chi connectivity index (χ1n) is 15.0. The molecule has 3 saturated heterocycles. The predicted molar refractivity (Wildman–Crippen MR) is 162 cm³/mol. The Labute approximate surface area is 258 Å². The van der Waals surface area contributed by atoms with Crippen LogP contribution in [0, 0.1) is 11.8 Å². The van der Waals surface area contributed by atoms with E-state index in [2.05, 4.69) is 18.5 Å². The molecule has 3 fully saturated rings. The van der Waals surface area contributed by atoms with Crippen molar-refractivity contribution < 1.29 is 33.8 Å². The number of hydrogen-bond donors (Lipinski definition) is 2. The zero-order valence-electron chi connectivity index (χ0n) is 24.7. The minimum Gasteiger partial charge on any atom is -0.460 e. The van der Waals surface area contributed by atoms with Crippen molar-refractivity contribution in [3.63, 3.8) is 0 Å². The normalized spacial score (nSPS) is 26.1. The van der Waals surface area contributed by atoms with Gasteiger partial charge in [-0.05, 0) is 69.7 Å². The van der Waals surface area contributed by atoms with Crippen LogP contribution >= 0.6 is 11.6 Å². The van der Waals surface area contributed by atoms with Crippen LogP contribution in [0.2, 0.25) is 5.02 Å². The molecule has 3 heterocycles. The number of nitrogens with zero attached hydrogens (tertiary/aromatic N) is 2. The summed E-state index contributed by atoms with van der Waals surface area (Å²) in [5.74, 6) is -3.07. The summed E-state index contributed by atoms with van der Waals surface area (Å²) < 4.78 is 12.2. The number of ether oxygens (including phenoxy) is 2. The Balaban J connectivity index is 1.59. The van der Waals surface area contributed by atoms with Gasteiger partial charge in [0.15, 0.2) is 0 Å². The molecule has 11 heteroatoms. The molecule has 0 aromatic heterocycles. The minimum atomic E-state index is -1.17. The number of aliphatic hydroxyl groups is 1. The maximum absolute atomic E-state index is 14.4. The maximum atomic E-state index is 14.4. The fourth-order valence-corrected chi connectivity index (χ4v) is 6.76. The van der Waals surface area contributed by atoms with E-state index < -0.39 is 41.7 Å². The number of amides is 3. The van der Waals surface area contributed by atoms with E-state index in [1.165, 1.54) is 0 Å². The van der Waals surface area contributed by atoms with Crippen molar-refractivity contribution in [1.82, 2.24) is 10.2 Å². The monoisotopic (exact) mass is 615 g/mol. The van der Waals surface area contributed by atoms with Crippen LogP contribution in [-0.2, 0) is 28.7 Å². The highest BCUT2D eigenvalue weighted by molar-refractivity contribution is 6.30. The summed E-state index contributed by atoms with van der Waals surface area (Å²) in [5, 5.41) is 12.5. The molecule has 2 bridgehead atoms. The molecule has 43 heavy (non-hydrogen) atoms. The van der Waals surface area contributed by atoms with Gasteiger partial charge in [-0.25, -0.2) is 0 Å². The fraction of sp³-hybridized carbons (Fsp3) is 0.562. The molecule has 3 aliphatic rings. The van der Waals surface area contributed by atoms with Gasteiger partial charge in [0, 0.05) is 36.8 Å². The molecule has 1 aromatic rings. The van der Waals surface area contributed by atoms with E-state index in [-0.39, 0.29) is 37.4 Å². The van der Waals surface area contributed by atoms with Gasteiger partial charge in [0.05, 0.1) is 24.5 Å². The summed E-state index contributed by atoms with van der Waals surface area (Å²) in [6.07, 6.45) is 5.77. The third kappa shape index (κ3) is 6.81. The Kier molecular flexibility index (Phi) is 11.0. The van der Waals surface area contributed by atoms with E-state index in [1.807, 2.05) is 0 Å². The smallest absolute Gasteiger partial charge is 0.312 e. The van der Waals surface area contributed by atoms with Crippen LogP contribution in [-0.4, -0.2) is 83.8 Å². The molecule has 3 amide bonds. The minimum absolute atomic E-state index is 0.0398. The lowest BCUT2D eigenvalue weighted by atomic mass is 9.70. The largest absolute Gasteiger partial charge is 0.460 e. The molecule has 0 radical (unpaired) electrons. The van der Waals surface area contributed by atoms with E-state index in [1.54, 1.807) is 53.1 Å². The average molecular weight is 616 g/mol. The standard InChI is InChI=1S/C32H42ClN3O7/c1-4-6-10-25(38)34-20-21(3)42-31(41)26-24-15-16-32(43-24)27(26)29(39)36(18-8-7-9-19-37)28(32)30(40)35(17-5-2)23-13-11-22(33)12-14-23/h4-5,11-14,21,24,26-28,37H,1-2,6-10,15-20H2,3H3,(H,34,38)/t21-,24-,26+,27+,28-,32+/m0/s1. The fourth-order valence-electron chi connectivity index (χ4n) is 6.63. The second-order valence-corrected chi connectivity index (χ2v) is 11.9. The first-order valence-corrected chi connectivity index (χ1v) is 15.4. The van der Waals surface area contributed by atoms with Crippen molar-refractivity contribution in [1.29, 1.82) is 0 Å². The number of carbonyl (C=O) groups is 4. The van der Waals surface area contributed by atoms with E-state index in [4.69, 9.17) is 21.1 Å². The van der Waals surface area contributed by atoms with Gasteiger partial charge in [-0.2, -0.15) is 0 Å². The molecule has 3 aliphatic heterocycles. The second-order valence-electron chi connectivity index (χ2n) is 11.5. The molecule has 6 atom stereocenters. The number of allylic oxidation sites excluding steroid dienone is 1. The number of fused-ring (bicyclic) bond motifs is 1. The van der Waals surface area contributed by atoms with Gasteiger partial charge in [-0.1, -0.05) is 23.8 Å². The number of carbonyl (C=O) groups excluding carboxylic acids is 4. The molecule has 234 valence electrons. The molecular formula is C32H42ClN3O7. The highest BCUT2D eigenvalue weighted by Gasteiger charge is 2.75. The second kappa shape index (κ2) is 14.5. The quantitative estimate of drug-likeness (QED) is 0.166. The van der Waals surface area contributed by atoms with E-state index in [0.29, 0.717) is 62.2 Å². The van der Waals surface area contributed by atoms with Crippen LogP contribution in [0.5, 0.6) is 0 Å². The van der Waals surface area contributed by atoms with Gasteiger partial charge in [0.2, 0.25) is 11.8 Å². The molecule has 1 spiro atoms. The van der Waals surface area contributed by atoms with Crippen molar-refractivity contribution in [3.8, 4) is 0 Å². The Morgan fingerprint density at radius 1 is 1.23 bits per heavy atom. The molecule has 1 aromatic carbocycles. The van der Waals surface area contributed by atoms with Crippen LogP contribution in [0.15, 0.2) is 49.6 Å². The molecule has 0 unspecified atom stereocenters. The molecule has 0 saturated carbocycles. The Morgan fingerprint density at radius 2 is 1.98 bits per heavy atom. The van der Waals surface area contributed by atoms with Crippen LogP contribution < -0.4 is 10.2 Å². The Bertz CT molecular complexity index is 1210. The average Bonchev–Trinajstić information content (AvgIpc) is 3.63. The zero-order chi connectivity index (χ0) is 31.1. The molecule has 0 aliphatic carbocycles. The summed E-state index contributed by atoms with van der Waals surface area (Å²) in [7, 11) is 0. The number of aliphatic hydroxyl groups excluding tert-OH is 1. The van der Waals surface area contributed by atoms with Crippen molar-refractivity contribution >= 4 is 41.0 Å². The number of nitrogens with one attached hydrogen (secondary N) is 1. The van der Waals surface area contributed by atoms with Crippen molar-refractivity contribution in [2.24, 2.45) is 11.8 Å². The third-order valence-corrected chi connectivity index (χ3v) is 8.81. The number of likely N-dealkylation sites (tertiary alicyclic amines) is 1. The first kappa shape index (κ1) is 32.7. The van der Waals surface area contributed by atoms with Crippen molar-refractivity contribution in [3.05, 3.63) is 54.6 Å². The number of anilines is 1. The van der Waals surface area contributed by atoms with E-state index in [0.717, 1.165) is 0 Å². The van der Waals surface area contributed by atoms with Crippen LogP contribution in [0.4, 0.5) is 5.69 Å². The predicted octanol–water partition coefficient (Wildman–Crippen LogP) is 3.41. The lowest BCUT2D eigenvalue weighted by Gasteiger charge is -2.36. The highest BCUT2D eigenvalue weighted by atomic mass is 35.5. The SMILES string of the molecule is C=CCCC(=O)NC[C@H](C)OC(=O)[C@@H]1[C@@H]2CC[C@]3(O2)[C@H](C(=O)N(CC=C)c2ccc(Cl)cc2)N(CCCCCO)C(=O)[C@@H]13. The Hall–Kier alpha value is -3.21. The van der Waals surface area contributed by atoms with Crippen LogP contribution in [0.25, 0.3) is 0 Å². The number of esters is 1. The summed E-state index contributed by atoms with van der Waals surface area (Å²) >= 11 is 6.10. The number of halogens is 1. The summed E-state index contributed by atoms with van der Waals surface area (Å²) in [6, 6.07) is 5.93.